The molecule has 1 unspecified atom stereocenters. The number of nitro benzene ring substituents is 1. The molecule has 0 aliphatic carbocycles. The topological polar surface area (TPSA) is 94.1 Å². The second kappa shape index (κ2) is 6.10. The summed E-state index contributed by atoms with van der Waals surface area (Å²) in [6.45, 7) is 2.28. The molecule has 0 saturated heterocycles. The number of aromatic nitrogens is 3. The number of halogens is 1. The molecule has 1 N–H and O–H groups in total. The van der Waals surface area contributed by atoms with Crippen LogP contribution in [0.5, 0.6) is 0 Å². The minimum Gasteiger partial charge on any atom is -0.387 e. The Morgan fingerprint density at radius 1 is 1.55 bits per heavy atom. The first-order valence-corrected chi connectivity index (χ1v) is 6.81. The third-order valence-electron chi connectivity index (χ3n) is 2.86. The van der Waals surface area contributed by atoms with Gasteiger partial charge in [0.1, 0.15) is 5.69 Å². The summed E-state index contributed by atoms with van der Waals surface area (Å²) < 4.78 is 2.22. The minimum atomic E-state index is -0.621. The standard InChI is InChI=1S/C12H13BrN4O3/c1-2-12(18)11-7-16(15-14-11)6-8-3-4-9(17(19)20)5-10(8)13/h3-5,7,12,18H,2,6H2,1H3. The van der Waals surface area contributed by atoms with Crippen molar-refractivity contribution in [2.24, 2.45) is 0 Å². The molecule has 0 spiro atoms. The van der Waals surface area contributed by atoms with E-state index >= 15 is 0 Å². The summed E-state index contributed by atoms with van der Waals surface area (Å²) in [4.78, 5) is 10.2. The molecule has 2 rings (SSSR count). The first kappa shape index (κ1) is 14.6. The van der Waals surface area contributed by atoms with Gasteiger partial charge in [0, 0.05) is 16.6 Å². The minimum absolute atomic E-state index is 0.0290. The molecule has 0 radical (unpaired) electrons. The zero-order valence-electron chi connectivity index (χ0n) is 10.7. The van der Waals surface area contributed by atoms with Gasteiger partial charge in [0.25, 0.3) is 5.69 Å². The van der Waals surface area contributed by atoms with Gasteiger partial charge in [0.2, 0.25) is 0 Å². The third kappa shape index (κ3) is 3.20. The van der Waals surface area contributed by atoms with E-state index in [1.165, 1.54) is 12.1 Å². The highest BCUT2D eigenvalue weighted by Crippen LogP contribution is 2.23. The van der Waals surface area contributed by atoms with Gasteiger partial charge in [-0.15, -0.1) is 5.10 Å². The first-order valence-electron chi connectivity index (χ1n) is 6.02. The van der Waals surface area contributed by atoms with E-state index in [0.717, 1.165) is 5.56 Å². The first-order chi connectivity index (χ1) is 9.51. The third-order valence-corrected chi connectivity index (χ3v) is 3.60. The predicted molar refractivity (Wildman–Crippen MR) is 75.2 cm³/mol. The van der Waals surface area contributed by atoms with E-state index in [0.29, 0.717) is 23.1 Å². The number of aliphatic hydroxyl groups excluding tert-OH is 1. The molecule has 0 aliphatic heterocycles. The summed E-state index contributed by atoms with van der Waals surface area (Å²) >= 11 is 3.31. The van der Waals surface area contributed by atoms with Gasteiger partial charge in [-0.1, -0.05) is 28.1 Å². The molecule has 0 fully saturated rings. The molecule has 20 heavy (non-hydrogen) atoms. The Bertz CT molecular complexity index is 629. The van der Waals surface area contributed by atoms with Crippen molar-refractivity contribution in [1.29, 1.82) is 0 Å². The molecule has 0 bridgehead atoms. The van der Waals surface area contributed by atoms with Crippen molar-refractivity contribution in [2.45, 2.75) is 26.0 Å². The van der Waals surface area contributed by atoms with Gasteiger partial charge >= 0.3 is 0 Å². The summed E-state index contributed by atoms with van der Waals surface area (Å²) in [6.07, 6.45) is 1.62. The normalized spacial score (nSPS) is 12.3. The maximum atomic E-state index is 10.7. The number of benzene rings is 1. The van der Waals surface area contributed by atoms with Crippen molar-refractivity contribution in [2.75, 3.05) is 0 Å². The Kier molecular flexibility index (Phi) is 4.46. The van der Waals surface area contributed by atoms with Crippen LogP contribution in [0.3, 0.4) is 0 Å². The average molecular weight is 341 g/mol. The molecular weight excluding hydrogens is 328 g/mol. The number of nitro groups is 1. The van der Waals surface area contributed by atoms with Crippen molar-refractivity contribution in [3.8, 4) is 0 Å². The van der Waals surface area contributed by atoms with Crippen LogP contribution in [0.25, 0.3) is 0 Å². The molecule has 8 heteroatoms. The van der Waals surface area contributed by atoms with E-state index < -0.39 is 11.0 Å². The van der Waals surface area contributed by atoms with E-state index in [1.54, 1.807) is 16.9 Å². The summed E-state index contributed by atoms with van der Waals surface area (Å²) in [5.41, 5.74) is 1.39. The smallest absolute Gasteiger partial charge is 0.270 e. The molecule has 0 amide bonds. The van der Waals surface area contributed by atoms with Gasteiger partial charge in [-0.2, -0.15) is 0 Å². The molecule has 2 aromatic rings. The molecule has 0 aliphatic rings. The molecule has 1 aromatic carbocycles. The Labute approximate surface area is 123 Å². The monoisotopic (exact) mass is 340 g/mol. The highest BCUT2D eigenvalue weighted by atomic mass is 79.9. The average Bonchev–Trinajstić information content (AvgIpc) is 2.88. The number of rotatable bonds is 5. The van der Waals surface area contributed by atoms with Gasteiger partial charge in [0.05, 0.1) is 23.8 Å². The van der Waals surface area contributed by atoms with Gasteiger partial charge in [-0.05, 0) is 18.1 Å². The fourth-order valence-electron chi connectivity index (χ4n) is 1.71. The number of nitrogens with zero attached hydrogens (tertiary/aromatic N) is 4. The molecule has 1 heterocycles. The molecule has 1 aromatic heterocycles. The second-order valence-corrected chi connectivity index (χ2v) is 5.15. The maximum absolute atomic E-state index is 10.7. The van der Waals surface area contributed by atoms with E-state index in [2.05, 4.69) is 26.2 Å². The Balaban J connectivity index is 2.18. The van der Waals surface area contributed by atoms with Gasteiger partial charge < -0.3 is 5.11 Å². The fraction of sp³-hybridized carbons (Fsp3) is 0.333. The van der Waals surface area contributed by atoms with E-state index in [1.807, 2.05) is 6.92 Å². The lowest BCUT2D eigenvalue weighted by atomic mass is 10.2. The van der Waals surface area contributed by atoms with Crippen LogP contribution < -0.4 is 0 Å². The van der Waals surface area contributed by atoms with Crippen LogP contribution in [0.2, 0.25) is 0 Å². The van der Waals surface area contributed by atoms with Crippen LogP contribution in [0, 0.1) is 10.1 Å². The zero-order chi connectivity index (χ0) is 14.7. The van der Waals surface area contributed by atoms with E-state index in [9.17, 15) is 15.2 Å². The fourth-order valence-corrected chi connectivity index (χ4v) is 2.20. The number of hydrogen-bond acceptors (Lipinski definition) is 5. The molecule has 0 saturated carbocycles. The van der Waals surface area contributed by atoms with Crippen LogP contribution in [0.15, 0.2) is 28.9 Å². The van der Waals surface area contributed by atoms with Gasteiger partial charge in [-0.3, -0.25) is 10.1 Å². The lowest BCUT2D eigenvalue weighted by molar-refractivity contribution is -0.384. The summed E-state index contributed by atoms with van der Waals surface area (Å²) in [5.74, 6) is 0. The van der Waals surface area contributed by atoms with Crippen molar-refractivity contribution >= 4 is 21.6 Å². The lowest BCUT2D eigenvalue weighted by Crippen LogP contribution is -2.02. The van der Waals surface area contributed by atoms with Crippen LogP contribution in [-0.2, 0) is 6.54 Å². The summed E-state index contributed by atoms with van der Waals surface area (Å²) in [5, 5.41) is 28.2. The summed E-state index contributed by atoms with van der Waals surface area (Å²) in [6, 6.07) is 4.56. The molecular formula is C12H13BrN4O3. The van der Waals surface area contributed by atoms with Crippen molar-refractivity contribution < 1.29 is 10.0 Å². The van der Waals surface area contributed by atoms with Crippen LogP contribution in [-0.4, -0.2) is 25.0 Å². The maximum Gasteiger partial charge on any atom is 0.270 e. The van der Waals surface area contributed by atoms with E-state index in [-0.39, 0.29) is 5.69 Å². The second-order valence-electron chi connectivity index (χ2n) is 4.30. The van der Waals surface area contributed by atoms with Crippen molar-refractivity contribution in [3.05, 3.63) is 50.2 Å². The largest absolute Gasteiger partial charge is 0.387 e. The highest BCUT2D eigenvalue weighted by Gasteiger charge is 2.12. The quantitative estimate of drug-likeness (QED) is 0.666. The molecule has 106 valence electrons. The van der Waals surface area contributed by atoms with E-state index in [4.69, 9.17) is 0 Å². The zero-order valence-corrected chi connectivity index (χ0v) is 12.3. The van der Waals surface area contributed by atoms with Gasteiger partial charge in [0.15, 0.2) is 0 Å². The molecule has 7 nitrogen and oxygen atoms in total. The number of hydrogen-bond donors (Lipinski definition) is 1. The Morgan fingerprint density at radius 3 is 2.90 bits per heavy atom. The lowest BCUT2D eigenvalue weighted by Gasteiger charge is -2.04. The van der Waals surface area contributed by atoms with Crippen LogP contribution in [0.1, 0.15) is 30.7 Å². The van der Waals surface area contributed by atoms with Crippen LogP contribution in [0.4, 0.5) is 5.69 Å². The predicted octanol–water partition coefficient (Wildman–Crippen LogP) is 2.44. The van der Waals surface area contributed by atoms with Gasteiger partial charge in [-0.25, -0.2) is 4.68 Å². The number of non-ortho nitro benzene ring substituents is 1. The highest BCUT2D eigenvalue weighted by molar-refractivity contribution is 9.10. The van der Waals surface area contributed by atoms with Crippen molar-refractivity contribution in [3.63, 3.8) is 0 Å². The molecule has 1 atom stereocenters. The Morgan fingerprint density at radius 2 is 2.30 bits per heavy atom. The Hall–Kier alpha value is -1.80. The van der Waals surface area contributed by atoms with Crippen LogP contribution >= 0.6 is 15.9 Å². The number of aliphatic hydroxyl groups is 1. The summed E-state index contributed by atoms with van der Waals surface area (Å²) in [7, 11) is 0. The van der Waals surface area contributed by atoms with Crippen molar-refractivity contribution in [1.82, 2.24) is 15.0 Å². The SMILES string of the molecule is CCC(O)c1cn(Cc2ccc([N+](=O)[O-])cc2Br)nn1.